The highest BCUT2D eigenvalue weighted by atomic mass is 16.1. The monoisotopic (exact) mass is 451 g/mol. The SMILES string of the molecule is C=CC(=O)Cc1cccc(-n2c(=O)cnc3cnc(Cc4ccc(N5CCCC5)cc4)nc32)c1. The van der Waals surface area contributed by atoms with E-state index in [-0.39, 0.29) is 17.8 Å². The van der Waals surface area contributed by atoms with Crippen molar-refractivity contribution in [3.8, 4) is 5.69 Å². The van der Waals surface area contributed by atoms with Crippen LogP contribution in [0.2, 0.25) is 0 Å². The number of aromatic nitrogens is 4. The van der Waals surface area contributed by atoms with Crippen LogP contribution in [0.4, 0.5) is 5.69 Å². The first-order valence-electron chi connectivity index (χ1n) is 11.4. The van der Waals surface area contributed by atoms with Crippen molar-refractivity contribution >= 4 is 22.6 Å². The Morgan fingerprint density at radius 1 is 0.971 bits per heavy atom. The third-order valence-corrected chi connectivity index (χ3v) is 6.09. The fraction of sp³-hybridized carbons (Fsp3) is 0.222. The molecule has 3 heterocycles. The lowest BCUT2D eigenvalue weighted by Crippen LogP contribution is -2.20. The number of hydrogen-bond acceptors (Lipinski definition) is 6. The molecule has 1 aliphatic heterocycles. The van der Waals surface area contributed by atoms with Crippen LogP contribution in [0.15, 0.2) is 78.4 Å². The number of anilines is 1. The summed E-state index contributed by atoms with van der Waals surface area (Å²) in [7, 11) is 0. The second-order valence-electron chi connectivity index (χ2n) is 8.48. The third-order valence-electron chi connectivity index (χ3n) is 6.09. The number of benzene rings is 2. The van der Waals surface area contributed by atoms with Crippen LogP contribution in [0.1, 0.15) is 29.8 Å². The minimum atomic E-state index is -0.292. The number of carbonyl (C=O) groups excluding carboxylic acids is 1. The van der Waals surface area contributed by atoms with E-state index in [1.54, 1.807) is 6.20 Å². The van der Waals surface area contributed by atoms with Gasteiger partial charge in [-0.2, -0.15) is 0 Å². The lowest BCUT2D eigenvalue weighted by atomic mass is 10.1. The standard InChI is InChI=1S/C27H25N5O2/c1-2-23(33)15-20-6-5-7-22(14-20)32-26(34)18-28-24-17-29-25(30-27(24)32)16-19-8-10-21(11-9-19)31-12-3-4-13-31/h2,5-11,14,17-18H,1,3-4,12-13,15-16H2. The van der Waals surface area contributed by atoms with Crippen molar-refractivity contribution in [2.24, 2.45) is 0 Å². The summed E-state index contributed by atoms with van der Waals surface area (Å²) < 4.78 is 1.52. The van der Waals surface area contributed by atoms with Crippen molar-refractivity contribution in [1.82, 2.24) is 19.5 Å². The maximum atomic E-state index is 12.8. The molecular formula is C27H25N5O2. The van der Waals surface area contributed by atoms with E-state index in [0.717, 1.165) is 24.2 Å². The van der Waals surface area contributed by atoms with E-state index in [1.165, 1.54) is 35.4 Å². The number of allylic oxidation sites excluding steroid dienone is 1. The van der Waals surface area contributed by atoms with Gasteiger partial charge >= 0.3 is 0 Å². The Morgan fingerprint density at radius 3 is 2.53 bits per heavy atom. The highest BCUT2D eigenvalue weighted by Crippen LogP contribution is 2.21. The largest absolute Gasteiger partial charge is 0.372 e. The molecule has 4 aromatic rings. The van der Waals surface area contributed by atoms with Crippen molar-refractivity contribution in [3.63, 3.8) is 0 Å². The molecule has 7 nitrogen and oxygen atoms in total. The summed E-state index contributed by atoms with van der Waals surface area (Å²) in [6.07, 6.45) is 7.49. The molecule has 0 N–H and O–H groups in total. The maximum absolute atomic E-state index is 12.8. The number of fused-ring (bicyclic) bond motifs is 1. The lowest BCUT2D eigenvalue weighted by molar-refractivity contribution is -0.114. The van der Waals surface area contributed by atoms with Gasteiger partial charge in [0.1, 0.15) is 11.3 Å². The van der Waals surface area contributed by atoms with Gasteiger partial charge in [-0.3, -0.25) is 14.2 Å². The van der Waals surface area contributed by atoms with Crippen molar-refractivity contribution in [3.05, 3.63) is 101 Å². The van der Waals surface area contributed by atoms with E-state index in [0.29, 0.717) is 29.1 Å². The van der Waals surface area contributed by atoms with E-state index >= 15 is 0 Å². The van der Waals surface area contributed by atoms with Gasteiger partial charge in [-0.25, -0.2) is 15.0 Å². The highest BCUT2D eigenvalue weighted by molar-refractivity contribution is 5.90. The van der Waals surface area contributed by atoms with Crippen LogP contribution < -0.4 is 10.5 Å². The molecule has 170 valence electrons. The average molecular weight is 452 g/mol. The molecule has 0 radical (unpaired) electrons. The molecule has 0 saturated carbocycles. The second kappa shape index (κ2) is 9.39. The third kappa shape index (κ3) is 4.50. The molecule has 1 saturated heterocycles. The first-order valence-corrected chi connectivity index (χ1v) is 11.4. The zero-order valence-corrected chi connectivity index (χ0v) is 18.9. The molecule has 5 rings (SSSR count). The van der Waals surface area contributed by atoms with Crippen LogP contribution in [0.5, 0.6) is 0 Å². The van der Waals surface area contributed by atoms with Crippen molar-refractivity contribution in [1.29, 1.82) is 0 Å². The molecule has 2 aromatic carbocycles. The van der Waals surface area contributed by atoms with Crippen LogP contribution in [0.25, 0.3) is 16.9 Å². The molecule has 0 aliphatic carbocycles. The molecule has 0 unspecified atom stereocenters. The topological polar surface area (TPSA) is 81.0 Å². The summed E-state index contributed by atoms with van der Waals surface area (Å²) >= 11 is 0. The van der Waals surface area contributed by atoms with E-state index < -0.39 is 0 Å². The molecule has 0 amide bonds. The van der Waals surface area contributed by atoms with Crippen LogP contribution in [-0.4, -0.2) is 38.4 Å². The summed E-state index contributed by atoms with van der Waals surface area (Å²) in [5.41, 5.74) is 4.45. The van der Waals surface area contributed by atoms with Crippen LogP contribution in [-0.2, 0) is 17.6 Å². The van der Waals surface area contributed by atoms with Crippen LogP contribution >= 0.6 is 0 Å². The van der Waals surface area contributed by atoms with E-state index in [2.05, 4.69) is 45.7 Å². The lowest BCUT2D eigenvalue weighted by Gasteiger charge is -2.17. The molecule has 34 heavy (non-hydrogen) atoms. The smallest absolute Gasteiger partial charge is 0.275 e. The minimum Gasteiger partial charge on any atom is -0.372 e. The van der Waals surface area contributed by atoms with Crippen molar-refractivity contribution in [2.45, 2.75) is 25.7 Å². The maximum Gasteiger partial charge on any atom is 0.275 e. The molecule has 1 aliphatic rings. The Bertz CT molecular complexity index is 1420. The molecule has 2 aromatic heterocycles. The number of ketones is 1. The van der Waals surface area contributed by atoms with Gasteiger partial charge in [0.15, 0.2) is 11.4 Å². The first-order chi connectivity index (χ1) is 16.6. The van der Waals surface area contributed by atoms with Gasteiger partial charge < -0.3 is 4.90 Å². The van der Waals surface area contributed by atoms with Gasteiger partial charge in [0.2, 0.25) is 0 Å². The van der Waals surface area contributed by atoms with Crippen LogP contribution in [0.3, 0.4) is 0 Å². The summed E-state index contributed by atoms with van der Waals surface area (Å²) in [6, 6.07) is 15.8. The summed E-state index contributed by atoms with van der Waals surface area (Å²) in [6.45, 7) is 5.75. The summed E-state index contributed by atoms with van der Waals surface area (Å²) in [5, 5.41) is 0. The van der Waals surface area contributed by atoms with Crippen molar-refractivity contribution in [2.75, 3.05) is 18.0 Å². The van der Waals surface area contributed by atoms with E-state index in [4.69, 9.17) is 4.98 Å². The zero-order valence-electron chi connectivity index (χ0n) is 18.9. The summed E-state index contributed by atoms with van der Waals surface area (Å²) in [5.74, 6) is 0.532. The molecule has 7 heteroatoms. The van der Waals surface area contributed by atoms with Gasteiger partial charge in [-0.05, 0) is 54.3 Å². The van der Waals surface area contributed by atoms with Gasteiger partial charge in [-0.15, -0.1) is 0 Å². The van der Waals surface area contributed by atoms with Crippen LogP contribution in [0, 0.1) is 0 Å². The van der Waals surface area contributed by atoms with E-state index in [1.807, 2.05) is 24.3 Å². The van der Waals surface area contributed by atoms with Gasteiger partial charge in [-0.1, -0.05) is 30.8 Å². The summed E-state index contributed by atoms with van der Waals surface area (Å²) in [4.78, 5) is 40.4. The van der Waals surface area contributed by atoms with Gasteiger partial charge in [0.05, 0.1) is 18.1 Å². The second-order valence-corrected chi connectivity index (χ2v) is 8.48. The minimum absolute atomic E-state index is 0.0792. The Kier molecular flexibility index (Phi) is 5.99. The molecule has 0 spiro atoms. The van der Waals surface area contributed by atoms with Gasteiger partial charge in [0, 0.05) is 31.6 Å². The highest BCUT2D eigenvalue weighted by Gasteiger charge is 2.14. The number of carbonyl (C=O) groups is 1. The fourth-order valence-electron chi connectivity index (χ4n) is 4.34. The Morgan fingerprint density at radius 2 is 1.76 bits per heavy atom. The molecule has 1 fully saturated rings. The van der Waals surface area contributed by atoms with Crippen molar-refractivity contribution < 1.29 is 4.79 Å². The Labute approximate surface area is 197 Å². The number of rotatable bonds is 7. The fourth-order valence-corrected chi connectivity index (χ4v) is 4.34. The average Bonchev–Trinajstić information content (AvgIpc) is 3.39. The molecular weight excluding hydrogens is 426 g/mol. The number of hydrogen-bond donors (Lipinski definition) is 0. The zero-order chi connectivity index (χ0) is 23.5. The van der Waals surface area contributed by atoms with Gasteiger partial charge in [0.25, 0.3) is 5.56 Å². The predicted molar refractivity (Wildman–Crippen MR) is 133 cm³/mol. The Balaban J connectivity index is 1.48. The number of nitrogens with zero attached hydrogens (tertiary/aromatic N) is 5. The predicted octanol–water partition coefficient (Wildman–Crippen LogP) is 3.66. The molecule has 0 bridgehead atoms. The van der Waals surface area contributed by atoms with E-state index in [9.17, 15) is 9.59 Å². The molecule has 0 atom stereocenters. The first kappa shape index (κ1) is 21.7. The quantitative estimate of drug-likeness (QED) is 0.399. The normalized spacial score (nSPS) is 13.4. The Hall–Kier alpha value is -4.13.